The number of ether oxygens (including phenoxy) is 1. The number of fused-ring (bicyclic) bond motifs is 2. The highest BCUT2D eigenvalue weighted by atomic mass is 32.1. The SMILES string of the molecule is C=CCC1OC(c2ccsc2)=Cc2nc3ccc(C)cc3cc21. The Bertz CT molecular complexity index is 909. The fourth-order valence-corrected chi connectivity index (χ4v) is 3.60. The lowest BCUT2D eigenvalue weighted by Gasteiger charge is -2.26. The van der Waals surface area contributed by atoms with Crippen molar-refractivity contribution in [3.05, 3.63) is 76.1 Å². The van der Waals surface area contributed by atoms with E-state index in [0.717, 1.165) is 39.9 Å². The quantitative estimate of drug-likeness (QED) is 0.573. The Hall–Kier alpha value is -2.39. The van der Waals surface area contributed by atoms with Gasteiger partial charge in [0.15, 0.2) is 0 Å². The normalized spacial score (nSPS) is 16.6. The lowest BCUT2D eigenvalue weighted by Crippen LogP contribution is -2.11. The molecule has 2 aromatic heterocycles. The van der Waals surface area contributed by atoms with Crippen molar-refractivity contribution in [1.82, 2.24) is 4.98 Å². The molecule has 1 aromatic carbocycles. The second kappa shape index (κ2) is 5.67. The summed E-state index contributed by atoms with van der Waals surface area (Å²) in [4.78, 5) is 4.86. The maximum Gasteiger partial charge on any atom is 0.130 e. The molecule has 0 radical (unpaired) electrons. The summed E-state index contributed by atoms with van der Waals surface area (Å²) >= 11 is 1.67. The van der Waals surface area contributed by atoms with E-state index >= 15 is 0 Å². The summed E-state index contributed by atoms with van der Waals surface area (Å²) in [5.41, 5.74) is 5.52. The molecule has 0 spiro atoms. The third kappa shape index (κ3) is 2.57. The predicted octanol–water partition coefficient (Wildman–Crippen LogP) is 5.75. The molecule has 0 N–H and O–H groups in total. The molecule has 0 saturated carbocycles. The van der Waals surface area contributed by atoms with Crippen LogP contribution in [0.1, 0.15) is 34.9 Å². The van der Waals surface area contributed by atoms with Gasteiger partial charge in [-0.3, -0.25) is 0 Å². The van der Waals surface area contributed by atoms with Gasteiger partial charge >= 0.3 is 0 Å². The smallest absolute Gasteiger partial charge is 0.130 e. The fourth-order valence-electron chi connectivity index (χ4n) is 2.96. The molecule has 0 aliphatic carbocycles. The molecular weight excluding hydrogens is 302 g/mol. The van der Waals surface area contributed by atoms with Gasteiger partial charge in [0.1, 0.15) is 11.9 Å². The van der Waals surface area contributed by atoms with E-state index < -0.39 is 0 Å². The third-order valence-corrected chi connectivity index (χ3v) is 4.78. The number of benzene rings is 1. The van der Waals surface area contributed by atoms with Crippen LogP contribution >= 0.6 is 11.3 Å². The highest BCUT2D eigenvalue weighted by Crippen LogP contribution is 2.38. The highest BCUT2D eigenvalue weighted by molar-refractivity contribution is 7.08. The number of thiophene rings is 1. The van der Waals surface area contributed by atoms with Crippen molar-refractivity contribution in [3.8, 4) is 0 Å². The summed E-state index contributed by atoms with van der Waals surface area (Å²) in [6.07, 6.45) is 4.70. The lowest BCUT2D eigenvalue weighted by atomic mass is 9.98. The molecule has 0 fully saturated rings. The summed E-state index contributed by atoms with van der Waals surface area (Å²) in [5.74, 6) is 0.893. The van der Waals surface area contributed by atoms with Crippen LogP contribution in [0, 0.1) is 6.92 Å². The van der Waals surface area contributed by atoms with Gasteiger partial charge in [0, 0.05) is 34.4 Å². The minimum Gasteiger partial charge on any atom is -0.485 e. The Morgan fingerprint density at radius 1 is 1.30 bits per heavy atom. The van der Waals surface area contributed by atoms with Crippen molar-refractivity contribution < 1.29 is 4.74 Å². The molecule has 0 bridgehead atoms. The minimum absolute atomic E-state index is 0.0280. The Balaban J connectivity index is 1.90. The monoisotopic (exact) mass is 319 g/mol. The van der Waals surface area contributed by atoms with Gasteiger partial charge in [0.2, 0.25) is 0 Å². The maximum atomic E-state index is 6.23. The van der Waals surface area contributed by atoms with Crippen molar-refractivity contribution in [3.63, 3.8) is 0 Å². The van der Waals surface area contributed by atoms with Crippen molar-refractivity contribution >= 4 is 34.1 Å². The van der Waals surface area contributed by atoms with Crippen LogP contribution in [0.2, 0.25) is 0 Å². The van der Waals surface area contributed by atoms with Gasteiger partial charge in [-0.25, -0.2) is 4.98 Å². The zero-order chi connectivity index (χ0) is 15.8. The molecule has 114 valence electrons. The summed E-state index contributed by atoms with van der Waals surface area (Å²) < 4.78 is 6.23. The van der Waals surface area contributed by atoms with Crippen molar-refractivity contribution in [1.29, 1.82) is 0 Å². The van der Waals surface area contributed by atoms with E-state index in [2.05, 4.69) is 60.7 Å². The molecule has 1 aliphatic rings. The topological polar surface area (TPSA) is 22.1 Å². The molecule has 0 saturated heterocycles. The van der Waals surface area contributed by atoms with Crippen LogP contribution in [0.25, 0.3) is 22.7 Å². The van der Waals surface area contributed by atoms with Gasteiger partial charge < -0.3 is 4.74 Å². The largest absolute Gasteiger partial charge is 0.485 e. The number of hydrogen-bond donors (Lipinski definition) is 0. The van der Waals surface area contributed by atoms with Gasteiger partial charge in [0.25, 0.3) is 0 Å². The van der Waals surface area contributed by atoms with E-state index in [1.807, 2.05) is 6.08 Å². The van der Waals surface area contributed by atoms with Crippen LogP contribution in [0.3, 0.4) is 0 Å². The predicted molar refractivity (Wildman–Crippen MR) is 97.3 cm³/mol. The van der Waals surface area contributed by atoms with E-state index in [0.29, 0.717) is 0 Å². The molecule has 1 aliphatic heterocycles. The number of nitrogens with zero attached hydrogens (tertiary/aromatic N) is 1. The molecule has 0 amide bonds. The summed E-state index contributed by atoms with van der Waals surface area (Å²) in [6.45, 7) is 5.98. The van der Waals surface area contributed by atoms with Crippen LogP contribution in [0.5, 0.6) is 0 Å². The van der Waals surface area contributed by atoms with E-state index in [4.69, 9.17) is 9.72 Å². The van der Waals surface area contributed by atoms with Gasteiger partial charge in [-0.15, -0.1) is 6.58 Å². The standard InChI is InChI=1S/C20H17NOS/c1-3-4-19-16-10-15-9-13(2)5-6-17(15)21-18(16)11-20(22-19)14-7-8-23-12-14/h3,5-12,19H,1,4H2,2H3. The average Bonchev–Trinajstić information content (AvgIpc) is 3.08. The van der Waals surface area contributed by atoms with Crippen LogP contribution in [0.4, 0.5) is 0 Å². The summed E-state index contributed by atoms with van der Waals surface area (Å²) in [5, 5.41) is 5.33. The summed E-state index contributed by atoms with van der Waals surface area (Å²) in [6, 6.07) is 10.6. The summed E-state index contributed by atoms with van der Waals surface area (Å²) in [7, 11) is 0. The second-order valence-electron chi connectivity index (χ2n) is 5.81. The Kier molecular flexibility index (Phi) is 3.50. The molecule has 4 rings (SSSR count). The second-order valence-corrected chi connectivity index (χ2v) is 6.59. The van der Waals surface area contributed by atoms with Crippen LogP contribution in [-0.2, 0) is 4.74 Å². The van der Waals surface area contributed by atoms with Crippen LogP contribution in [0.15, 0.2) is 53.7 Å². The first-order valence-electron chi connectivity index (χ1n) is 7.68. The molecule has 1 atom stereocenters. The first-order valence-corrected chi connectivity index (χ1v) is 8.62. The maximum absolute atomic E-state index is 6.23. The fraction of sp³-hybridized carbons (Fsp3) is 0.150. The van der Waals surface area contributed by atoms with Gasteiger partial charge in [-0.05, 0) is 36.6 Å². The van der Waals surface area contributed by atoms with Crippen molar-refractivity contribution in [2.45, 2.75) is 19.4 Å². The first kappa shape index (κ1) is 14.2. The first-order chi connectivity index (χ1) is 11.2. The minimum atomic E-state index is -0.0280. The number of rotatable bonds is 3. The number of aryl methyl sites for hydroxylation is 1. The molecular formula is C20H17NOS. The zero-order valence-corrected chi connectivity index (χ0v) is 13.8. The van der Waals surface area contributed by atoms with Gasteiger partial charge in [0.05, 0.1) is 11.2 Å². The number of pyridine rings is 1. The molecule has 3 heterocycles. The lowest BCUT2D eigenvalue weighted by molar-refractivity contribution is 0.170. The molecule has 23 heavy (non-hydrogen) atoms. The zero-order valence-electron chi connectivity index (χ0n) is 13.0. The van der Waals surface area contributed by atoms with E-state index in [1.54, 1.807) is 11.3 Å². The van der Waals surface area contributed by atoms with Crippen LogP contribution < -0.4 is 0 Å². The molecule has 3 heteroatoms. The number of aromatic nitrogens is 1. The van der Waals surface area contributed by atoms with Gasteiger partial charge in [-0.1, -0.05) is 17.7 Å². The van der Waals surface area contributed by atoms with E-state index in [9.17, 15) is 0 Å². The van der Waals surface area contributed by atoms with Crippen LogP contribution in [-0.4, -0.2) is 4.98 Å². The molecule has 2 nitrogen and oxygen atoms in total. The molecule has 1 unspecified atom stereocenters. The van der Waals surface area contributed by atoms with E-state index in [-0.39, 0.29) is 6.10 Å². The van der Waals surface area contributed by atoms with E-state index in [1.165, 1.54) is 5.56 Å². The Labute approximate surface area is 139 Å². The Morgan fingerprint density at radius 2 is 2.22 bits per heavy atom. The Morgan fingerprint density at radius 3 is 3.00 bits per heavy atom. The van der Waals surface area contributed by atoms with Crippen molar-refractivity contribution in [2.75, 3.05) is 0 Å². The molecule has 3 aromatic rings. The third-order valence-electron chi connectivity index (χ3n) is 4.10. The van der Waals surface area contributed by atoms with Gasteiger partial charge in [-0.2, -0.15) is 11.3 Å². The highest BCUT2D eigenvalue weighted by Gasteiger charge is 2.24. The van der Waals surface area contributed by atoms with Crippen molar-refractivity contribution in [2.24, 2.45) is 0 Å². The average molecular weight is 319 g/mol. The number of hydrogen-bond acceptors (Lipinski definition) is 3.